The van der Waals surface area contributed by atoms with Crippen LogP contribution < -0.4 is 10.6 Å². The van der Waals surface area contributed by atoms with Crippen molar-refractivity contribution in [1.82, 2.24) is 20.4 Å². The van der Waals surface area contributed by atoms with E-state index >= 15 is 0 Å². The molecule has 1 saturated heterocycles. The van der Waals surface area contributed by atoms with E-state index in [1.807, 2.05) is 0 Å². The van der Waals surface area contributed by atoms with E-state index in [0.29, 0.717) is 0 Å². The Morgan fingerprint density at radius 1 is 1.14 bits per heavy atom. The van der Waals surface area contributed by atoms with Gasteiger partial charge in [-0.15, -0.1) is 0 Å². The van der Waals surface area contributed by atoms with Gasteiger partial charge in [0, 0.05) is 60.0 Å². The Balaban J connectivity index is 2.18. The van der Waals surface area contributed by atoms with Crippen molar-refractivity contribution in [3.05, 3.63) is 0 Å². The molecule has 0 aromatic carbocycles. The number of nitrogens with one attached hydrogen (secondary N) is 2. The monoisotopic (exact) mass is 299 g/mol. The normalized spacial score (nSPS) is 18.8. The molecule has 21 heavy (non-hydrogen) atoms. The summed E-state index contributed by atoms with van der Waals surface area (Å²) in [6.07, 6.45) is 0. The molecule has 0 unspecified atom stereocenters. The molecular formula is C15H33N5O. The van der Waals surface area contributed by atoms with E-state index in [-0.39, 0.29) is 5.60 Å². The van der Waals surface area contributed by atoms with Gasteiger partial charge in [0.05, 0.1) is 5.60 Å². The van der Waals surface area contributed by atoms with Crippen molar-refractivity contribution in [1.29, 1.82) is 0 Å². The molecule has 6 heteroatoms. The van der Waals surface area contributed by atoms with Gasteiger partial charge in [-0.1, -0.05) is 6.92 Å². The van der Waals surface area contributed by atoms with Crippen molar-refractivity contribution < 1.29 is 4.74 Å². The van der Waals surface area contributed by atoms with Crippen LogP contribution in [0, 0.1) is 0 Å². The lowest BCUT2D eigenvalue weighted by molar-refractivity contribution is 0.0268. The lowest BCUT2D eigenvalue weighted by Gasteiger charge is -2.34. The second kappa shape index (κ2) is 9.23. The van der Waals surface area contributed by atoms with Crippen LogP contribution in [-0.2, 0) is 4.74 Å². The average molecular weight is 299 g/mol. The van der Waals surface area contributed by atoms with Crippen LogP contribution in [0.3, 0.4) is 0 Å². The number of nitrogens with zero attached hydrogens (tertiary/aromatic N) is 3. The molecule has 124 valence electrons. The fraction of sp³-hybridized carbons (Fsp3) is 0.933. The van der Waals surface area contributed by atoms with Crippen LogP contribution in [0.1, 0.15) is 20.8 Å². The zero-order valence-corrected chi connectivity index (χ0v) is 14.4. The van der Waals surface area contributed by atoms with Crippen LogP contribution in [0.25, 0.3) is 0 Å². The maximum absolute atomic E-state index is 5.39. The van der Waals surface area contributed by atoms with Gasteiger partial charge in [-0.25, -0.2) is 0 Å². The maximum atomic E-state index is 5.39. The smallest absolute Gasteiger partial charge is 0.191 e. The fourth-order valence-corrected chi connectivity index (χ4v) is 2.25. The first-order valence-corrected chi connectivity index (χ1v) is 7.95. The average Bonchev–Trinajstić information content (AvgIpc) is 2.51. The van der Waals surface area contributed by atoms with Crippen LogP contribution in [0.5, 0.6) is 0 Å². The molecule has 2 N–H and O–H groups in total. The Bertz CT molecular complexity index is 311. The molecule has 0 aromatic heterocycles. The van der Waals surface area contributed by atoms with Gasteiger partial charge in [0.25, 0.3) is 0 Å². The zero-order valence-electron chi connectivity index (χ0n) is 14.4. The van der Waals surface area contributed by atoms with Crippen molar-refractivity contribution in [3.8, 4) is 0 Å². The van der Waals surface area contributed by atoms with Crippen molar-refractivity contribution in [3.63, 3.8) is 0 Å². The summed E-state index contributed by atoms with van der Waals surface area (Å²) in [6, 6.07) is 0. The number of hydrogen-bond acceptors (Lipinski definition) is 4. The molecule has 1 rings (SSSR count). The minimum atomic E-state index is -0.186. The summed E-state index contributed by atoms with van der Waals surface area (Å²) in [5, 5.41) is 6.67. The van der Waals surface area contributed by atoms with Gasteiger partial charge in [-0.2, -0.15) is 0 Å². The quantitative estimate of drug-likeness (QED) is 0.520. The van der Waals surface area contributed by atoms with Crippen molar-refractivity contribution in [2.24, 2.45) is 4.99 Å². The molecule has 1 aliphatic heterocycles. The van der Waals surface area contributed by atoms with E-state index in [1.165, 1.54) is 13.1 Å². The highest BCUT2D eigenvalue weighted by Gasteiger charge is 2.17. The number of guanidine groups is 1. The second-order valence-corrected chi connectivity index (χ2v) is 6.09. The number of hydrogen-bond donors (Lipinski definition) is 2. The largest absolute Gasteiger partial charge is 0.377 e. The highest BCUT2D eigenvalue weighted by molar-refractivity contribution is 5.79. The van der Waals surface area contributed by atoms with Crippen LogP contribution >= 0.6 is 0 Å². The molecule has 0 amide bonds. The van der Waals surface area contributed by atoms with Gasteiger partial charge in [0.2, 0.25) is 0 Å². The van der Waals surface area contributed by atoms with Gasteiger partial charge in [-0.3, -0.25) is 9.89 Å². The lowest BCUT2D eigenvalue weighted by atomic mass is 10.1. The van der Waals surface area contributed by atoms with E-state index in [9.17, 15) is 0 Å². The minimum absolute atomic E-state index is 0.186. The standard InChI is InChI=1S/C15H33N5O/c1-6-19-9-11-20(12-10-19)8-7-17-14(16-4)18-13-15(2,3)21-5/h6-13H2,1-5H3,(H2,16,17,18). The minimum Gasteiger partial charge on any atom is -0.377 e. The molecular weight excluding hydrogens is 266 g/mol. The molecule has 1 fully saturated rings. The molecule has 0 spiro atoms. The fourth-order valence-electron chi connectivity index (χ4n) is 2.25. The highest BCUT2D eigenvalue weighted by atomic mass is 16.5. The van der Waals surface area contributed by atoms with Gasteiger partial charge in [-0.05, 0) is 20.4 Å². The van der Waals surface area contributed by atoms with Crippen LogP contribution in [0.4, 0.5) is 0 Å². The molecule has 0 aliphatic carbocycles. The van der Waals surface area contributed by atoms with Crippen molar-refractivity contribution >= 4 is 5.96 Å². The molecule has 6 nitrogen and oxygen atoms in total. The van der Waals surface area contributed by atoms with Crippen LogP contribution in [-0.4, -0.2) is 87.9 Å². The third kappa shape index (κ3) is 7.11. The summed E-state index contributed by atoms with van der Waals surface area (Å²) in [7, 11) is 3.53. The third-order valence-corrected chi connectivity index (χ3v) is 4.09. The predicted octanol–water partition coefficient (Wildman–Crippen LogP) is 0.214. The topological polar surface area (TPSA) is 52.1 Å². The summed E-state index contributed by atoms with van der Waals surface area (Å²) in [5.41, 5.74) is -0.186. The molecule has 0 aromatic rings. The zero-order chi connectivity index (χ0) is 15.7. The van der Waals surface area contributed by atoms with Gasteiger partial charge < -0.3 is 20.3 Å². The lowest BCUT2D eigenvalue weighted by Crippen LogP contribution is -2.50. The number of ether oxygens (including phenoxy) is 1. The first-order chi connectivity index (χ1) is 10.0. The van der Waals surface area contributed by atoms with Crippen molar-refractivity contribution in [2.75, 3.05) is 66.5 Å². The number of rotatable bonds is 7. The summed E-state index contributed by atoms with van der Waals surface area (Å²) < 4.78 is 5.39. The SMILES string of the molecule is CCN1CCN(CCNC(=NC)NCC(C)(C)OC)CC1. The molecule has 0 bridgehead atoms. The molecule has 1 aliphatic rings. The predicted molar refractivity (Wildman–Crippen MR) is 89.0 cm³/mol. The summed E-state index contributed by atoms with van der Waals surface area (Å²) in [6.45, 7) is 14.9. The molecule has 0 radical (unpaired) electrons. The Hall–Kier alpha value is -0.850. The number of likely N-dealkylation sites (N-methyl/N-ethyl adjacent to an activating group) is 1. The first kappa shape index (κ1) is 18.2. The Kier molecular flexibility index (Phi) is 8.00. The summed E-state index contributed by atoms with van der Waals surface area (Å²) >= 11 is 0. The van der Waals surface area contributed by atoms with Crippen LogP contribution in [0.2, 0.25) is 0 Å². The highest BCUT2D eigenvalue weighted by Crippen LogP contribution is 2.04. The Morgan fingerprint density at radius 2 is 1.76 bits per heavy atom. The van der Waals surface area contributed by atoms with E-state index < -0.39 is 0 Å². The maximum Gasteiger partial charge on any atom is 0.191 e. The summed E-state index contributed by atoms with van der Waals surface area (Å²) in [4.78, 5) is 9.25. The number of piperazine rings is 1. The number of methoxy groups -OCH3 is 1. The second-order valence-electron chi connectivity index (χ2n) is 6.09. The Morgan fingerprint density at radius 3 is 2.29 bits per heavy atom. The van der Waals surface area contributed by atoms with E-state index in [0.717, 1.165) is 45.2 Å². The number of aliphatic imine (C=N–C) groups is 1. The van der Waals surface area contributed by atoms with Crippen LogP contribution in [0.15, 0.2) is 4.99 Å². The molecule has 0 atom stereocenters. The van der Waals surface area contributed by atoms with Gasteiger partial charge >= 0.3 is 0 Å². The summed E-state index contributed by atoms with van der Waals surface area (Å²) in [5.74, 6) is 0.840. The first-order valence-electron chi connectivity index (χ1n) is 7.95. The third-order valence-electron chi connectivity index (χ3n) is 4.09. The molecule has 1 heterocycles. The molecule has 0 saturated carbocycles. The van der Waals surface area contributed by atoms with E-state index in [2.05, 4.69) is 46.2 Å². The van der Waals surface area contributed by atoms with Gasteiger partial charge in [0.1, 0.15) is 0 Å². The van der Waals surface area contributed by atoms with E-state index in [4.69, 9.17) is 4.74 Å². The van der Waals surface area contributed by atoms with Gasteiger partial charge in [0.15, 0.2) is 5.96 Å². The van der Waals surface area contributed by atoms with Crippen molar-refractivity contribution in [2.45, 2.75) is 26.4 Å². The van der Waals surface area contributed by atoms with E-state index in [1.54, 1.807) is 14.2 Å². The Labute approximate surface area is 129 Å².